The van der Waals surface area contributed by atoms with E-state index in [0.717, 1.165) is 0 Å². The fourth-order valence-electron chi connectivity index (χ4n) is 2.79. The maximum atomic E-state index is 12.1. The summed E-state index contributed by atoms with van der Waals surface area (Å²) in [7, 11) is 0. The summed E-state index contributed by atoms with van der Waals surface area (Å²) < 4.78 is 10.9. The predicted molar refractivity (Wildman–Crippen MR) is 84.9 cm³/mol. The zero-order chi connectivity index (χ0) is 17.1. The third-order valence-corrected chi connectivity index (χ3v) is 4.04. The number of hydrogen-bond acceptors (Lipinski definition) is 5. The second-order valence-electron chi connectivity index (χ2n) is 5.80. The molecular weight excluding hydrogens is 314 g/mol. The molecule has 2 aliphatic rings. The van der Waals surface area contributed by atoms with Gasteiger partial charge in [0.05, 0.1) is 5.92 Å². The Balaban J connectivity index is 1.54. The number of urea groups is 1. The average molecular weight is 333 g/mol. The van der Waals surface area contributed by atoms with Crippen molar-refractivity contribution in [3.63, 3.8) is 0 Å². The summed E-state index contributed by atoms with van der Waals surface area (Å²) >= 11 is 0. The van der Waals surface area contributed by atoms with Gasteiger partial charge in [0.15, 0.2) is 11.5 Å². The summed E-state index contributed by atoms with van der Waals surface area (Å²) in [6, 6.07) is 4.40. The van der Waals surface area contributed by atoms with Crippen LogP contribution in [0.4, 0.5) is 10.5 Å². The molecule has 1 saturated heterocycles. The Morgan fingerprint density at radius 1 is 1.25 bits per heavy atom. The first-order valence-electron chi connectivity index (χ1n) is 7.84. The van der Waals surface area contributed by atoms with Gasteiger partial charge >= 0.3 is 6.03 Å². The van der Waals surface area contributed by atoms with E-state index in [1.807, 2.05) is 0 Å². The van der Waals surface area contributed by atoms with Crippen LogP contribution in [0.2, 0.25) is 0 Å². The molecule has 8 nitrogen and oxygen atoms in total. The largest absolute Gasteiger partial charge is 0.486 e. The van der Waals surface area contributed by atoms with Gasteiger partial charge < -0.3 is 20.1 Å². The summed E-state index contributed by atoms with van der Waals surface area (Å²) in [5, 5.41) is 7.63. The molecule has 2 heterocycles. The van der Waals surface area contributed by atoms with Gasteiger partial charge in [-0.05, 0) is 25.5 Å². The van der Waals surface area contributed by atoms with E-state index in [-0.39, 0.29) is 24.3 Å². The molecule has 128 valence electrons. The molecule has 0 spiro atoms. The van der Waals surface area contributed by atoms with E-state index in [1.165, 1.54) is 0 Å². The van der Waals surface area contributed by atoms with Crippen LogP contribution in [0.25, 0.3) is 0 Å². The third-order valence-electron chi connectivity index (χ3n) is 4.04. The molecule has 2 unspecified atom stereocenters. The molecule has 0 aliphatic carbocycles. The molecular formula is C16H19N3O5. The minimum Gasteiger partial charge on any atom is -0.486 e. The molecule has 1 aromatic carbocycles. The Labute approximate surface area is 138 Å². The van der Waals surface area contributed by atoms with Crippen molar-refractivity contribution in [1.82, 2.24) is 10.6 Å². The van der Waals surface area contributed by atoms with Crippen LogP contribution in [0.3, 0.4) is 0 Å². The molecule has 1 fully saturated rings. The summed E-state index contributed by atoms with van der Waals surface area (Å²) in [5.41, 5.74) is 0.610. The minimum absolute atomic E-state index is 0.173. The number of nitrogens with one attached hydrogen (secondary N) is 3. The molecule has 2 atom stereocenters. The Kier molecular flexibility index (Phi) is 4.54. The van der Waals surface area contributed by atoms with Crippen molar-refractivity contribution in [2.75, 3.05) is 18.5 Å². The van der Waals surface area contributed by atoms with Crippen molar-refractivity contribution >= 4 is 23.5 Å². The summed E-state index contributed by atoms with van der Waals surface area (Å²) in [4.78, 5) is 35.1. The number of fused-ring (bicyclic) bond motifs is 1. The molecule has 8 heteroatoms. The fraction of sp³-hybridized carbons (Fsp3) is 0.438. The van der Waals surface area contributed by atoms with Crippen molar-refractivity contribution in [3.8, 4) is 11.5 Å². The topological polar surface area (TPSA) is 106 Å². The van der Waals surface area contributed by atoms with Gasteiger partial charge in [0.2, 0.25) is 11.8 Å². The van der Waals surface area contributed by atoms with E-state index in [2.05, 4.69) is 16.0 Å². The number of ether oxygens (including phenoxy) is 2. The van der Waals surface area contributed by atoms with Gasteiger partial charge in [-0.15, -0.1) is 0 Å². The van der Waals surface area contributed by atoms with Crippen molar-refractivity contribution < 1.29 is 23.9 Å². The molecule has 1 aromatic rings. The highest BCUT2D eigenvalue weighted by atomic mass is 16.6. The Morgan fingerprint density at radius 3 is 2.75 bits per heavy atom. The normalized spacial score (nSPS) is 22.4. The van der Waals surface area contributed by atoms with Crippen LogP contribution in [0.15, 0.2) is 18.2 Å². The molecule has 0 saturated carbocycles. The number of carbonyl (C=O) groups excluding carboxylic acids is 3. The number of benzene rings is 1. The zero-order valence-electron chi connectivity index (χ0n) is 13.3. The monoisotopic (exact) mass is 333 g/mol. The van der Waals surface area contributed by atoms with Crippen LogP contribution in [0.5, 0.6) is 11.5 Å². The van der Waals surface area contributed by atoms with Crippen molar-refractivity contribution in [3.05, 3.63) is 18.2 Å². The Hall–Kier alpha value is -2.77. The van der Waals surface area contributed by atoms with Crippen LogP contribution in [0.1, 0.15) is 19.8 Å². The predicted octanol–water partition coefficient (Wildman–Crippen LogP) is 1.02. The van der Waals surface area contributed by atoms with Gasteiger partial charge in [0, 0.05) is 24.2 Å². The van der Waals surface area contributed by atoms with Gasteiger partial charge in [-0.25, -0.2) is 4.79 Å². The highest BCUT2D eigenvalue weighted by Gasteiger charge is 2.32. The maximum Gasteiger partial charge on any atom is 0.321 e. The van der Waals surface area contributed by atoms with Gasteiger partial charge in [0.25, 0.3) is 0 Å². The second kappa shape index (κ2) is 6.77. The Bertz CT molecular complexity index is 676. The lowest BCUT2D eigenvalue weighted by Crippen LogP contribution is -2.57. The van der Waals surface area contributed by atoms with Gasteiger partial charge in [-0.3, -0.25) is 14.9 Å². The van der Waals surface area contributed by atoms with E-state index >= 15 is 0 Å². The fourth-order valence-corrected chi connectivity index (χ4v) is 2.79. The lowest BCUT2D eigenvalue weighted by Gasteiger charge is -2.28. The molecule has 0 radical (unpaired) electrons. The average Bonchev–Trinajstić information content (AvgIpc) is 2.53. The SMILES string of the molecule is CC1NC(=O)NC(=O)C1CCC(=O)Nc1ccc2c(c1)OCCO2. The highest BCUT2D eigenvalue weighted by molar-refractivity contribution is 5.99. The van der Waals surface area contributed by atoms with Crippen molar-refractivity contribution in [2.45, 2.75) is 25.8 Å². The second-order valence-corrected chi connectivity index (χ2v) is 5.80. The number of amides is 4. The minimum atomic E-state index is -0.496. The first kappa shape index (κ1) is 16.1. The van der Waals surface area contributed by atoms with E-state index in [0.29, 0.717) is 36.8 Å². The van der Waals surface area contributed by atoms with Gasteiger partial charge in [-0.1, -0.05) is 0 Å². The van der Waals surface area contributed by atoms with Crippen molar-refractivity contribution in [2.24, 2.45) is 5.92 Å². The first-order chi connectivity index (χ1) is 11.5. The number of anilines is 1. The zero-order valence-corrected chi connectivity index (χ0v) is 13.3. The maximum absolute atomic E-state index is 12.1. The van der Waals surface area contributed by atoms with Crippen LogP contribution in [-0.4, -0.2) is 37.1 Å². The van der Waals surface area contributed by atoms with Crippen molar-refractivity contribution in [1.29, 1.82) is 0 Å². The smallest absolute Gasteiger partial charge is 0.321 e. The highest BCUT2D eigenvalue weighted by Crippen LogP contribution is 2.32. The lowest BCUT2D eigenvalue weighted by atomic mass is 9.93. The Morgan fingerprint density at radius 2 is 2.00 bits per heavy atom. The summed E-state index contributed by atoms with van der Waals surface area (Å²) in [6.45, 7) is 2.74. The van der Waals surface area contributed by atoms with Gasteiger partial charge in [-0.2, -0.15) is 0 Å². The molecule has 3 rings (SSSR count). The van der Waals surface area contributed by atoms with E-state index in [1.54, 1.807) is 25.1 Å². The first-order valence-corrected chi connectivity index (χ1v) is 7.84. The van der Waals surface area contributed by atoms with E-state index in [4.69, 9.17) is 9.47 Å². The van der Waals surface area contributed by atoms with E-state index in [9.17, 15) is 14.4 Å². The number of imide groups is 1. The van der Waals surface area contributed by atoms with Crippen LogP contribution in [0, 0.1) is 5.92 Å². The standard InChI is InChI=1S/C16H19N3O5/c1-9-11(15(21)19-16(22)17-9)3-5-14(20)18-10-2-4-12-13(8-10)24-7-6-23-12/h2,4,8-9,11H,3,5-7H2,1H3,(H,18,20)(H2,17,19,21,22). The van der Waals surface area contributed by atoms with Crippen LogP contribution in [-0.2, 0) is 9.59 Å². The number of carbonyl (C=O) groups is 3. The van der Waals surface area contributed by atoms with Gasteiger partial charge in [0.1, 0.15) is 13.2 Å². The molecule has 2 aliphatic heterocycles. The molecule has 0 aromatic heterocycles. The van der Waals surface area contributed by atoms with Crippen LogP contribution < -0.4 is 25.4 Å². The molecule has 4 amide bonds. The number of rotatable bonds is 4. The molecule has 24 heavy (non-hydrogen) atoms. The number of hydrogen-bond donors (Lipinski definition) is 3. The lowest BCUT2D eigenvalue weighted by molar-refractivity contribution is -0.126. The summed E-state index contributed by atoms with van der Waals surface area (Å²) in [6.07, 6.45) is 0.524. The quantitative estimate of drug-likeness (QED) is 0.763. The van der Waals surface area contributed by atoms with Crippen LogP contribution >= 0.6 is 0 Å². The van der Waals surface area contributed by atoms with E-state index < -0.39 is 11.9 Å². The summed E-state index contributed by atoms with van der Waals surface area (Å²) in [5.74, 6) is 0.278. The molecule has 0 bridgehead atoms. The molecule has 3 N–H and O–H groups in total. The third kappa shape index (κ3) is 3.58.